The number of nitrogens with zero attached hydrogens (tertiary/aromatic N) is 3. The van der Waals surface area contributed by atoms with Crippen molar-refractivity contribution in [2.45, 2.75) is 13.0 Å². The second kappa shape index (κ2) is 8.31. The number of hydrazine groups is 1. The Labute approximate surface area is 156 Å². The molecule has 1 heterocycles. The van der Waals surface area contributed by atoms with Crippen molar-refractivity contribution in [3.63, 3.8) is 0 Å². The van der Waals surface area contributed by atoms with Gasteiger partial charge in [0.25, 0.3) is 5.91 Å². The molecule has 1 atom stereocenters. The number of hydrogen-bond donors (Lipinski definition) is 3. The van der Waals surface area contributed by atoms with Crippen LogP contribution in [0.5, 0.6) is 5.88 Å². The van der Waals surface area contributed by atoms with Gasteiger partial charge >= 0.3 is 17.6 Å². The van der Waals surface area contributed by atoms with Crippen LogP contribution < -0.4 is 20.9 Å². The summed E-state index contributed by atoms with van der Waals surface area (Å²) in [4.78, 5) is 34.0. The van der Waals surface area contributed by atoms with Crippen LogP contribution in [0.3, 0.4) is 0 Å². The highest BCUT2D eigenvalue weighted by atomic mass is 35.5. The fourth-order valence-electron chi connectivity index (χ4n) is 1.91. The topological polar surface area (TPSA) is 140 Å². The van der Waals surface area contributed by atoms with E-state index < -0.39 is 34.4 Å². The molecule has 3 N–H and O–H groups in total. The van der Waals surface area contributed by atoms with E-state index in [1.165, 1.54) is 26.2 Å². The fraction of sp³-hybridized carbons (Fsp3) is 0.214. The number of nitro groups is 1. The van der Waals surface area contributed by atoms with Crippen molar-refractivity contribution in [2.75, 3.05) is 12.4 Å². The Morgan fingerprint density at radius 2 is 2.11 bits per heavy atom. The van der Waals surface area contributed by atoms with Gasteiger partial charge < -0.3 is 10.1 Å². The molecule has 1 aromatic heterocycles. The number of carbonyl (C=O) groups excluding carboxylic acids is 2. The summed E-state index contributed by atoms with van der Waals surface area (Å²) >= 11 is 5.60. The van der Waals surface area contributed by atoms with Crippen LogP contribution in [0.25, 0.3) is 0 Å². The van der Waals surface area contributed by atoms with E-state index in [0.29, 0.717) is 0 Å². The third-order valence-electron chi connectivity index (χ3n) is 3.32. The summed E-state index contributed by atoms with van der Waals surface area (Å²) in [5.74, 6) is -1.60. The number of halogens is 2. The molecular formula is C14H14ClFN6O5. The largest absolute Gasteiger partial charge is 0.475 e. The van der Waals surface area contributed by atoms with E-state index in [1.807, 2.05) is 0 Å². The van der Waals surface area contributed by atoms with Crippen molar-refractivity contribution < 1.29 is 23.6 Å². The fourth-order valence-corrected chi connectivity index (χ4v) is 2.09. The maximum absolute atomic E-state index is 13.1. The van der Waals surface area contributed by atoms with Gasteiger partial charge in [0.05, 0.1) is 17.1 Å². The summed E-state index contributed by atoms with van der Waals surface area (Å²) in [6.07, 6.45) is 1.03. The molecule has 3 amide bonds. The first-order valence-corrected chi connectivity index (χ1v) is 7.70. The van der Waals surface area contributed by atoms with Gasteiger partial charge in [-0.25, -0.2) is 19.3 Å². The number of amides is 3. The molecule has 0 aliphatic carbocycles. The zero-order chi connectivity index (χ0) is 20.1. The molecular weight excluding hydrogens is 387 g/mol. The Hall–Kier alpha value is -3.41. The highest BCUT2D eigenvalue weighted by Gasteiger charge is 2.25. The Morgan fingerprint density at radius 3 is 2.67 bits per heavy atom. The lowest BCUT2D eigenvalue weighted by molar-refractivity contribution is -0.385. The van der Waals surface area contributed by atoms with E-state index in [1.54, 1.807) is 0 Å². The van der Waals surface area contributed by atoms with Crippen molar-refractivity contribution in [1.29, 1.82) is 0 Å². The molecule has 13 heteroatoms. The van der Waals surface area contributed by atoms with Crippen molar-refractivity contribution >= 4 is 34.9 Å². The Kier molecular flexibility index (Phi) is 6.13. The van der Waals surface area contributed by atoms with Crippen LogP contribution in [0, 0.1) is 15.9 Å². The number of aromatic nitrogens is 2. The molecule has 2 rings (SSSR count). The number of anilines is 1. The van der Waals surface area contributed by atoms with Gasteiger partial charge in [-0.05, 0) is 25.1 Å². The van der Waals surface area contributed by atoms with E-state index in [-0.39, 0.29) is 16.6 Å². The number of carbonyl (C=O) groups is 2. The molecule has 2 aromatic rings. The number of hydrogen-bond acceptors (Lipinski definition) is 6. The van der Waals surface area contributed by atoms with Crippen molar-refractivity contribution in [3.05, 3.63) is 45.4 Å². The van der Waals surface area contributed by atoms with Gasteiger partial charge in [0, 0.05) is 5.69 Å². The Bertz CT molecular complexity index is 889. The maximum atomic E-state index is 13.1. The van der Waals surface area contributed by atoms with Gasteiger partial charge in [-0.15, -0.1) is 5.10 Å². The molecule has 27 heavy (non-hydrogen) atoms. The Morgan fingerprint density at radius 1 is 1.41 bits per heavy atom. The minimum absolute atomic E-state index is 0.181. The first kappa shape index (κ1) is 19.9. The zero-order valence-corrected chi connectivity index (χ0v) is 14.8. The van der Waals surface area contributed by atoms with Crippen LogP contribution in [0.2, 0.25) is 5.02 Å². The predicted octanol–water partition coefficient (Wildman–Crippen LogP) is 2.01. The summed E-state index contributed by atoms with van der Waals surface area (Å²) in [6, 6.07) is 1.72. The molecule has 0 unspecified atom stereocenters. The number of urea groups is 1. The highest BCUT2D eigenvalue weighted by Crippen LogP contribution is 2.25. The van der Waals surface area contributed by atoms with Crippen molar-refractivity contribution in [2.24, 2.45) is 0 Å². The van der Waals surface area contributed by atoms with Crippen LogP contribution in [0.1, 0.15) is 13.0 Å². The summed E-state index contributed by atoms with van der Waals surface area (Å²) < 4.78 is 18.9. The quantitative estimate of drug-likeness (QED) is 0.518. The van der Waals surface area contributed by atoms with E-state index in [4.69, 9.17) is 16.3 Å². The van der Waals surface area contributed by atoms with Gasteiger partial charge in [-0.2, -0.15) is 0 Å². The molecule has 0 radical (unpaired) electrons. The highest BCUT2D eigenvalue weighted by molar-refractivity contribution is 6.31. The molecule has 0 saturated heterocycles. The number of rotatable bonds is 5. The number of ether oxygens (including phenoxy) is 1. The molecule has 0 fully saturated rings. The summed E-state index contributed by atoms with van der Waals surface area (Å²) in [6.45, 7) is 1.41. The summed E-state index contributed by atoms with van der Waals surface area (Å²) in [5, 5.41) is 16.8. The van der Waals surface area contributed by atoms with Crippen LogP contribution in [0.15, 0.2) is 24.4 Å². The molecule has 0 aliphatic rings. The van der Waals surface area contributed by atoms with E-state index in [9.17, 15) is 24.1 Å². The normalized spacial score (nSPS) is 11.4. The first-order chi connectivity index (χ1) is 12.7. The molecule has 0 bridgehead atoms. The maximum Gasteiger partial charge on any atom is 0.350 e. The van der Waals surface area contributed by atoms with Gasteiger partial charge in [0.1, 0.15) is 18.1 Å². The SMILES string of the molecule is COc1nn([C@@H](C)C(=O)NNC(=O)Nc2ccc(F)c(Cl)c2)cc1[N+](=O)[O-]. The number of nitrogens with one attached hydrogen (secondary N) is 3. The summed E-state index contributed by atoms with van der Waals surface area (Å²) in [7, 11) is 1.21. The monoisotopic (exact) mass is 400 g/mol. The van der Waals surface area contributed by atoms with E-state index in [2.05, 4.69) is 21.3 Å². The van der Waals surface area contributed by atoms with Gasteiger partial charge in [0.15, 0.2) is 0 Å². The van der Waals surface area contributed by atoms with Crippen LogP contribution in [-0.4, -0.2) is 33.8 Å². The summed E-state index contributed by atoms with van der Waals surface area (Å²) in [5.41, 5.74) is 4.00. The average molecular weight is 401 g/mol. The molecule has 0 aliphatic heterocycles. The minimum Gasteiger partial charge on any atom is -0.475 e. The van der Waals surface area contributed by atoms with Crippen molar-refractivity contribution in [1.82, 2.24) is 20.6 Å². The molecule has 0 saturated carbocycles. The van der Waals surface area contributed by atoms with Gasteiger partial charge in [0.2, 0.25) is 0 Å². The third-order valence-corrected chi connectivity index (χ3v) is 3.61. The first-order valence-electron chi connectivity index (χ1n) is 7.32. The molecule has 1 aromatic carbocycles. The van der Waals surface area contributed by atoms with Crippen molar-refractivity contribution in [3.8, 4) is 5.88 Å². The molecule has 0 spiro atoms. The average Bonchev–Trinajstić information content (AvgIpc) is 3.07. The standard InChI is InChI=1S/C14H14ClFN6O5/c1-7(21-6-11(22(25)26)13(20-21)27-2)12(23)18-19-14(24)17-8-3-4-10(16)9(15)5-8/h3-7H,1-2H3,(H,18,23)(H2,17,19,24)/t7-/m0/s1. The Balaban J connectivity index is 1.95. The number of benzene rings is 1. The third kappa shape index (κ3) is 4.82. The smallest absolute Gasteiger partial charge is 0.350 e. The number of methoxy groups -OCH3 is 1. The van der Waals surface area contributed by atoms with Gasteiger partial charge in [-0.1, -0.05) is 11.6 Å². The predicted molar refractivity (Wildman–Crippen MR) is 91.9 cm³/mol. The zero-order valence-electron chi connectivity index (χ0n) is 14.0. The lowest BCUT2D eigenvalue weighted by Gasteiger charge is -2.13. The van der Waals surface area contributed by atoms with Crippen LogP contribution >= 0.6 is 11.6 Å². The van der Waals surface area contributed by atoms with E-state index >= 15 is 0 Å². The lowest BCUT2D eigenvalue weighted by Crippen LogP contribution is -2.46. The lowest BCUT2D eigenvalue weighted by atomic mass is 10.3. The second-order valence-electron chi connectivity index (χ2n) is 5.13. The second-order valence-corrected chi connectivity index (χ2v) is 5.54. The van der Waals surface area contributed by atoms with Crippen LogP contribution in [0.4, 0.5) is 20.6 Å². The minimum atomic E-state index is -0.992. The van der Waals surface area contributed by atoms with Gasteiger partial charge in [-0.3, -0.25) is 20.3 Å². The van der Waals surface area contributed by atoms with E-state index in [0.717, 1.165) is 16.9 Å². The van der Waals surface area contributed by atoms with Crippen LogP contribution in [-0.2, 0) is 4.79 Å². The molecule has 11 nitrogen and oxygen atoms in total. The molecule has 144 valence electrons.